The van der Waals surface area contributed by atoms with Crippen LogP contribution in [0.15, 0.2) is 48.5 Å². The van der Waals surface area contributed by atoms with Crippen molar-refractivity contribution in [3.8, 4) is 0 Å². The van der Waals surface area contributed by atoms with Gasteiger partial charge in [0.2, 0.25) is 0 Å². The first-order valence-corrected chi connectivity index (χ1v) is 7.12. The van der Waals surface area contributed by atoms with Crippen molar-refractivity contribution in [2.75, 3.05) is 18.0 Å². The molecule has 0 aliphatic carbocycles. The molecule has 0 amide bonds. The van der Waals surface area contributed by atoms with E-state index in [1.54, 1.807) is 0 Å². The Morgan fingerprint density at radius 1 is 0.850 bits per heavy atom. The van der Waals surface area contributed by atoms with Crippen molar-refractivity contribution < 1.29 is 4.79 Å². The summed E-state index contributed by atoms with van der Waals surface area (Å²) in [7, 11) is 0. The SMILES string of the molecule is CCN(CC)c1ccc(C(=O)c2ccc(C)cc2)cc1. The van der Waals surface area contributed by atoms with Gasteiger partial charge in [-0.15, -0.1) is 0 Å². The zero-order valence-corrected chi connectivity index (χ0v) is 12.4. The summed E-state index contributed by atoms with van der Waals surface area (Å²) < 4.78 is 0. The lowest BCUT2D eigenvalue weighted by molar-refractivity contribution is 0.103. The fraction of sp³-hybridized carbons (Fsp3) is 0.278. The maximum atomic E-state index is 12.4. The van der Waals surface area contributed by atoms with Crippen LogP contribution in [0, 0.1) is 6.92 Å². The molecule has 0 heterocycles. The lowest BCUT2D eigenvalue weighted by atomic mass is 10.0. The van der Waals surface area contributed by atoms with E-state index >= 15 is 0 Å². The highest BCUT2D eigenvalue weighted by molar-refractivity contribution is 6.09. The normalized spacial score (nSPS) is 10.3. The maximum Gasteiger partial charge on any atom is 0.193 e. The zero-order chi connectivity index (χ0) is 14.5. The van der Waals surface area contributed by atoms with Gasteiger partial charge in [0.15, 0.2) is 5.78 Å². The summed E-state index contributed by atoms with van der Waals surface area (Å²) >= 11 is 0. The van der Waals surface area contributed by atoms with E-state index in [0.717, 1.165) is 29.9 Å². The molecule has 2 heteroatoms. The minimum Gasteiger partial charge on any atom is -0.372 e. The molecular formula is C18H21NO. The number of hydrogen-bond donors (Lipinski definition) is 0. The van der Waals surface area contributed by atoms with Gasteiger partial charge in [-0.3, -0.25) is 4.79 Å². The van der Waals surface area contributed by atoms with Crippen LogP contribution in [0.1, 0.15) is 35.3 Å². The van der Waals surface area contributed by atoms with Crippen molar-refractivity contribution in [3.63, 3.8) is 0 Å². The Bertz CT molecular complexity index is 565. The van der Waals surface area contributed by atoms with E-state index in [0.29, 0.717) is 0 Å². The minimum atomic E-state index is 0.0797. The number of carbonyl (C=O) groups excluding carboxylic acids is 1. The highest BCUT2D eigenvalue weighted by Crippen LogP contribution is 2.17. The van der Waals surface area contributed by atoms with Gasteiger partial charge in [-0.2, -0.15) is 0 Å². The molecule has 104 valence electrons. The molecule has 2 aromatic rings. The largest absolute Gasteiger partial charge is 0.372 e. The smallest absolute Gasteiger partial charge is 0.193 e. The predicted molar refractivity (Wildman–Crippen MR) is 84.6 cm³/mol. The van der Waals surface area contributed by atoms with Gasteiger partial charge in [-0.25, -0.2) is 0 Å². The van der Waals surface area contributed by atoms with Crippen molar-refractivity contribution in [2.24, 2.45) is 0 Å². The van der Waals surface area contributed by atoms with Gasteiger partial charge in [0.05, 0.1) is 0 Å². The third kappa shape index (κ3) is 3.08. The van der Waals surface area contributed by atoms with Crippen LogP contribution in [-0.2, 0) is 0 Å². The average Bonchev–Trinajstić information content (AvgIpc) is 2.49. The lowest BCUT2D eigenvalue weighted by Gasteiger charge is -2.21. The Hall–Kier alpha value is -2.09. The molecule has 0 radical (unpaired) electrons. The fourth-order valence-electron chi connectivity index (χ4n) is 2.28. The number of aryl methyl sites for hydroxylation is 1. The van der Waals surface area contributed by atoms with Crippen LogP contribution in [0.25, 0.3) is 0 Å². The number of carbonyl (C=O) groups is 1. The summed E-state index contributed by atoms with van der Waals surface area (Å²) in [6.07, 6.45) is 0. The molecule has 2 rings (SSSR count). The van der Waals surface area contributed by atoms with Gasteiger partial charge >= 0.3 is 0 Å². The molecule has 0 bridgehead atoms. The Kier molecular flexibility index (Phi) is 4.57. The first-order chi connectivity index (χ1) is 9.65. The standard InChI is InChI=1S/C18H21NO/c1-4-19(5-2)17-12-10-16(11-13-17)18(20)15-8-6-14(3)7-9-15/h6-13H,4-5H2,1-3H3. The second kappa shape index (κ2) is 6.38. The number of anilines is 1. The average molecular weight is 267 g/mol. The van der Waals surface area contributed by atoms with E-state index in [2.05, 4.69) is 18.7 Å². The summed E-state index contributed by atoms with van der Waals surface area (Å²) in [6.45, 7) is 8.24. The summed E-state index contributed by atoms with van der Waals surface area (Å²) in [5.74, 6) is 0.0797. The Labute approximate surface area is 121 Å². The zero-order valence-electron chi connectivity index (χ0n) is 12.4. The van der Waals surface area contributed by atoms with Crippen LogP contribution in [0.5, 0.6) is 0 Å². The van der Waals surface area contributed by atoms with Gasteiger partial charge in [-0.1, -0.05) is 29.8 Å². The van der Waals surface area contributed by atoms with Crippen LogP contribution in [0.4, 0.5) is 5.69 Å². The molecule has 0 saturated heterocycles. The number of nitrogens with zero attached hydrogens (tertiary/aromatic N) is 1. The van der Waals surface area contributed by atoms with Gasteiger partial charge in [0.25, 0.3) is 0 Å². The molecule has 0 aliphatic heterocycles. The van der Waals surface area contributed by atoms with Crippen LogP contribution in [-0.4, -0.2) is 18.9 Å². The topological polar surface area (TPSA) is 20.3 Å². The summed E-state index contributed by atoms with van der Waals surface area (Å²) in [5.41, 5.74) is 3.81. The monoisotopic (exact) mass is 267 g/mol. The Morgan fingerprint density at radius 3 is 1.75 bits per heavy atom. The quantitative estimate of drug-likeness (QED) is 0.761. The molecule has 0 aliphatic rings. The third-order valence-corrected chi connectivity index (χ3v) is 3.57. The highest BCUT2D eigenvalue weighted by Gasteiger charge is 2.09. The number of ketones is 1. The molecule has 2 aromatic carbocycles. The van der Waals surface area contributed by atoms with Gasteiger partial charge in [0, 0.05) is 29.9 Å². The van der Waals surface area contributed by atoms with Gasteiger partial charge in [0.1, 0.15) is 0 Å². The van der Waals surface area contributed by atoms with Crippen LogP contribution in [0.3, 0.4) is 0 Å². The lowest BCUT2D eigenvalue weighted by Crippen LogP contribution is -2.21. The van der Waals surface area contributed by atoms with E-state index < -0.39 is 0 Å². The van der Waals surface area contributed by atoms with Crippen molar-refractivity contribution in [3.05, 3.63) is 65.2 Å². The van der Waals surface area contributed by atoms with Crippen molar-refractivity contribution in [2.45, 2.75) is 20.8 Å². The van der Waals surface area contributed by atoms with Gasteiger partial charge in [-0.05, 0) is 45.0 Å². The van der Waals surface area contributed by atoms with E-state index in [1.807, 2.05) is 55.5 Å². The first kappa shape index (κ1) is 14.3. The molecular weight excluding hydrogens is 246 g/mol. The second-order valence-electron chi connectivity index (χ2n) is 4.91. The summed E-state index contributed by atoms with van der Waals surface area (Å²) in [5, 5.41) is 0. The molecule has 0 atom stereocenters. The second-order valence-corrected chi connectivity index (χ2v) is 4.91. The summed E-state index contributed by atoms with van der Waals surface area (Å²) in [4.78, 5) is 14.6. The van der Waals surface area contributed by atoms with E-state index in [4.69, 9.17) is 0 Å². The molecule has 0 fully saturated rings. The molecule has 2 nitrogen and oxygen atoms in total. The molecule has 0 aromatic heterocycles. The molecule has 0 saturated carbocycles. The predicted octanol–water partition coefficient (Wildman–Crippen LogP) is 4.07. The van der Waals surface area contributed by atoms with Crippen LogP contribution < -0.4 is 4.90 Å². The summed E-state index contributed by atoms with van der Waals surface area (Å²) in [6, 6.07) is 15.6. The van der Waals surface area contributed by atoms with E-state index in [9.17, 15) is 4.79 Å². The van der Waals surface area contributed by atoms with Crippen LogP contribution >= 0.6 is 0 Å². The fourth-order valence-corrected chi connectivity index (χ4v) is 2.28. The van der Waals surface area contributed by atoms with Crippen molar-refractivity contribution in [1.29, 1.82) is 0 Å². The van der Waals surface area contributed by atoms with Gasteiger partial charge < -0.3 is 4.90 Å². The Balaban J connectivity index is 2.21. The molecule has 20 heavy (non-hydrogen) atoms. The maximum absolute atomic E-state index is 12.4. The molecule has 0 unspecified atom stereocenters. The highest BCUT2D eigenvalue weighted by atomic mass is 16.1. The minimum absolute atomic E-state index is 0.0797. The molecule has 0 N–H and O–H groups in total. The van der Waals surface area contributed by atoms with Crippen LogP contribution in [0.2, 0.25) is 0 Å². The number of benzene rings is 2. The van der Waals surface area contributed by atoms with E-state index in [1.165, 1.54) is 5.56 Å². The first-order valence-electron chi connectivity index (χ1n) is 7.12. The van der Waals surface area contributed by atoms with Crippen molar-refractivity contribution >= 4 is 11.5 Å². The molecule has 0 spiro atoms. The third-order valence-electron chi connectivity index (χ3n) is 3.57. The number of hydrogen-bond acceptors (Lipinski definition) is 2. The van der Waals surface area contributed by atoms with Crippen molar-refractivity contribution in [1.82, 2.24) is 0 Å². The van der Waals surface area contributed by atoms with E-state index in [-0.39, 0.29) is 5.78 Å². The number of rotatable bonds is 5. The Morgan fingerprint density at radius 2 is 1.30 bits per heavy atom.